The van der Waals surface area contributed by atoms with Crippen molar-refractivity contribution in [3.8, 4) is 0 Å². The third-order valence-corrected chi connectivity index (χ3v) is 6.44. The zero-order valence-electron chi connectivity index (χ0n) is 13.6. The number of carbonyl (C=O) groups is 1. The molecule has 2 saturated carbocycles. The molecule has 2 bridgehead atoms. The molecule has 1 aromatic rings. The zero-order valence-corrected chi connectivity index (χ0v) is 13.6. The topological polar surface area (TPSA) is 29.1 Å². The van der Waals surface area contributed by atoms with Gasteiger partial charge >= 0.3 is 0 Å². The van der Waals surface area contributed by atoms with E-state index in [0.717, 1.165) is 29.7 Å². The molecule has 3 aliphatic carbocycles. The first-order valence-electron chi connectivity index (χ1n) is 9.09. The van der Waals surface area contributed by atoms with Crippen molar-refractivity contribution in [2.75, 3.05) is 6.54 Å². The maximum absolute atomic E-state index is 12.5. The van der Waals surface area contributed by atoms with Crippen LogP contribution in [0.2, 0.25) is 0 Å². The van der Waals surface area contributed by atoms with Gasteiger partial charge in [-0.15, -0.1) is 0 Å². The first-order chi connectivity index (χ1) is 10.7. The number of hydrogen-bond acceptors (Lipinski definition) is 2. The van der Waals surface area contributed by atoms with Gasteiger partial charge in [0.05, 0.1) is 6.54 Å². The van der Waals surface area contributed by atoms with Gasteiger partial charge in [-0.3, -0.25) is 4.79 Å². The molecule has 4 unspecified atom stereocenters. The van der Waals surface area contributed by atoms with Crippen molar-refractivity contribution >= 4 is 5.78 Å². The van der Waals surface area contributed by atoms with Gasteiger partial charge in [0.2, 0.25) is 0 Å². The molecule has 2 nitrogen and oxygen atoms in total. The number of aryl methyl sites for hydroxylation is 2. The van der Waals surface area contributed by atoms with Crippen LogP contribution in [-0.2, 0) is 12.8 Å². The summed E-state index contributed by atoms with van der Waals surface area (Å²) in [7, 11) is 0. The highest BCUT2D eigenvalue weighted by atomic mass is 16.1. The summed E-state index contributed by atoms with van der Waals surface area (Å²) in [5.74, 6) is 2.95. The standard InChI is InChI=1S/C20H27NO/c1-13(19-10-14-5-6-17(19)9-14)21-12-20(22)18-8-7-15-3-2-4-16(15)11-18/h7-8,11,13-14,17,19,21H,2-6,9-10,12H2,1H3. The molecule has 22 heavy (non-hydrogen) atoms. The summed E-state index contributed by atoms with van der Waals surface area (Å²) >= 11 is 0. The smallest absolute Gasteiger partial charge is 0.176 e. The van der Waals surface area contributed by atoms with Gasteiger partial charge in [-0.05, 0) is 80.4 Å². The SMILES string of the molecule is CC(NCC(=O)c1ccc2c(c1)CCC2)C1CC2CCC1C2. The summed E-state index contributed by atoms with van der Waals surface area (Å²) in [6, 6.07) is 6.80. The molecule has 0 saturated heterocycles. The lowest BCUT2D eigenvalue weighted by atomic mass is 9.84. The van der Waals surface area contributed by atoms with E-state index in [9.17, 15) is 4.79 Å². The Morgan fingerprint density at radius 2 is 2.09 bits per heavy atom. The van der Waals surface area contributed by atoms with Crippen LogP contribution in [0, 0.1) is 17.8 Å². The number of hydrogen-bond donors (Lipinski definition) is 1. The number of carbonyl (C=O) groups excluding carboxylic acids is 1. The fourth-order valence-corrected chi connectivity index (χ4v) is 5.16. The van der Waals surface area contributed by atoms with Crippen molar-refractivity contribution < 1.29 is 4.79 Å². The van der Waals surface area contributed by atoms with Crippen LogP contribution in [0.25, 0.3) is 0 Å². The van der Waals surface area contributed by atoms with E-state index in [2.05, 4.69) is 24.4 Å². The summed E-state index contributed by atoms with van der Waals surface area (Å²) in [6.07, 6.45) is 9.25. The number of fused-ring (bicyclic) bond motifs is 3. The molecule has 2 heteroatoms. The normalized spacial score (nSPS) is 30.5. The van der Waals surface area contributed by atoms with Crippen molar-refractivity contribution in [2.45, 2.75) is 57.9 Å². The van der Waals surface area contributed by atoms with Crippen LogP contribution in [0.3, 0.4) is 0 Å². The Hall–Kier alpha value is -1.15. The first kappa shape index (κ1) is 14.4. The van der Waals surface area contributed by atoms with E-state index in [1.54, 1.807) is 0 Å². The molecule has 118 valence electrons. The average Bonchev–Trinajstić information content (AvgIpc) is 3.26. The van der Waals surface area contributed by atoms with E-state index in [1.165, 1.54) is 49.7 Å². The maximum Gasteiger partial charge on any atom is 0.176 e. The van der Waals surface area contributed by atoms with Crippen LogP contribution in [0.4, 0.5) is 0 Å². The molecule has 0 amide bonds. The molecular formula is C20H27NO. The van der Waals surface area contributed by atoms with Crippen LogP contribution in [-0.4, -0.2) is 18.4 Å². The van der Waals surface area contributed by atoms with Crippen LogP contribution >= 0.6 is 0 Å². The van der Waals surface area contributed by atoms with Crippen molar-refractivity contribution in [3.63, 3.8) is 0 Å². The first-order valence-corrected chi connectivity index (χ1v) is 9.09. The second-order valence-electron chi connectivity index (χ2n) is 7.77. The van der Waals surface area contributed by atoms with Gasteiger partial charge in [0.15, 0.2) is 5.78 Å². The van der Waals surface area contributed by atoms with Gasteiger partial charge in [-0.25, -0.2) is 0 Å². The predicted molar refractivity (Wildman–Crippen MR) is 89.2 cm³/mol. The molecule has 0 aromatic heterocycles. The second kappa shape index (κ2) is 5.81. The Balaban J connectivity index is 1.34. The van der Waals surface area contributed by atoms with E-state index in [-0.39, 0.29) is 5.78 Å². The molecule has 4 rings (SSSR count). The average molecular weight is 297 g/mol. The Morgan fingerprint density at radius 3 is 2.86 bits per heavy atom. The number of benzene rings is 1. The van der Waals surface area contributed by atoms with Crippen molar-refractivity contribution in [1.82, 2.24) is 5.32 Å². The maximum atomic E-state index is 12.5. The lowest BCUT2D eigenvalue weighted by Gasteiger charge is -2.28. The van der Waals surface area contributed by atoms with Gasteiger partial charge in [0, 0.05) is 11.6 Å². The minimum atomic E-state index is 0.254. The number of Topliss-reactive ketones (excluding diaryl/α,β-unsaturated/α-hetero) is 1. The number of ketones is 1. The van der Waals surface area contributed by atoms with E-state index in [4.69, 9.17) is 0 Å². The second-order valence-corrected chi connectivity index (χ2v) is 7.77. The summed E-state index contributed by atoms with van der Waals surface area (Å²) in [4.78, 5) is 12.5. The highest BCUT2D eigenvalue weighted by Crippen LogP contribution is 2.49. The molecule has 1 N–H and O–H groups in total. The van der Waals surface area contributed by atoms with E-state index >= 15 is 0 Å². The van der Waals surface area contributed by atoms with E-state index < -0.39 is 0 Å². The van der Waals surface area contributed by atoms with Crippen molar-refractivity contribution in [1.29, 1.82) is 0 Å². The zero-order chi connectivity index (χ0) is 15.1. The van der Waals surface area contributed by atoms with E-state index in [1.807, 2.05) is 6.07 Å². The van der Waals surface area contributed by atoms with Crippen LogP contribution in [0.1, 0.15) is 60.5 Å². The fraction of sp³-hybridized carbons (Fsp3) is 0.650. The van der Waals surface area contributed by atoms with Gasteiger partial charge in [0.1, 0.15) is 0 Å². The quantitative estimate of drug-likeness (QED) is 0.838. The summed E-state index contributed by atoms with van der Waals surface area (Å²) in [6.45, 7) is 2.77. The summed E-state index contributed by atoms with van der Waals surface area (Å²) < 4.78 is 0. The monoisotopic (exact) mass is 297 g/mol. The number of nitrogens with one attached hydrogen (secondary N) is 1. The number of rotatable bonds is 5. The van der Waals surface area contributed by atoms with Gasteiger partial charge in [-0.2, -0.15) is 0 Å². The molecular weight excluding hydrogens is 270 g/mol. The Labute approximate surface area is 133 Å². The van der Waals surface area contributed by atoms with Crippen LogP contribution in [0.15, 0.2) is 18.2 Å². The third kappa shape index (κ3) is 2.62. The lowest BCUT2D eigenvalue weighted by Crippen LogP contribution is -2.39. The largest absolute Gasteiger partial charge is 0.307 e. The minimum absolute atomic E-state index is 0.254. The molecule has 3 aliphatic rings. The molecule has 0 spiro atoms. The van der Waals surface area contributed by atoms with Gasteiger partial charge < -0.3 is 5.32 Å². The molecule has 2 fully saturated rings. The van der Waals surface area contributed by atoms with Gasteiger partial charge in [-0.1, -0.05) is 18.6 Å². The molecule has 4 atom stereocenters. The molecule has 0 heterocycles. The fourth-order valence-electron chi connectivity index (χ4n) is 5.16. The highest BCUT2D eigenvalue weighted by Gasteiger charge is 2.41. The Morgan fingerprint density at radius 1 is 1.23 bits per heavy atom. The minimum Gasteiger partial charge on any atom is -0.307 e. The molecule has 1 aromatic carbocycles. The molecule has 0 radical (unpaired) electrons. The van der Waals surface area contributed by atoms with E-state index in [0.29, 0.717) is 12.6 Å². The van der Waals surface area contributed by atoms with Crippen LogP contribution in [0.5, 0.6) is 0 Å². The highest BCUT2D eigenvalue weighted by molar-refractivity contribution is 5.97. The lowest BCUT2D eigenvalue weighted by molar-refractivity contribution is 0.0981. The predicted octanol–water partition coefficient (Wildman–Crippen LogP) is 3.77. The van der Waals surface area contributed by atoms with Gasteiger partial charge in [0.25, 0.3) is 0 Å². The Bertz CT molecular complexity index is 579. The summed E-state index contributed by atoms with van der Waals surface area (Å²) in [5, 5.41) is 3.53. The van der Waals surface area contributed by atoms with Crippen molar-refractivity contribution in [3.05, 3.63) is 34.9 Å². The molecule has 0 aliphatic heterocycles. The third-order valence-electron chi connectivity index (χ3n) is 6.44. The van der Waals surface area contributed by atoms with Crippen LogP contribution < -0.4 is 5.32 Å². The van der Waals surface area contributed by atoms with Crippen molar-refractivity contribution in [2.24, 2.45) is 17.8 Å². The summed E-state index contributed by atoms with van der Waals surface area (Å²) in [5.41, 5.74) is 3.74. The Kier molecular flexibility index (Phi) is 3.81.